The van der Waals surface area contributed by atoms with Crippen LogP contribution >= 0.6 is 23.4 Å². The zero-order valence-electron chi connectivity index (χ0n) is 10.0. The first-order chi connectivity index (χ1) is 9.47. The summed E-state index contributed by atoms with van der Waals surface area (Å²) in [5, 5.41) is 9.37. The Labute approximate surface area is 123 Å². The molecule has 2 aromatic carbocycles. The third-order valence-corrected chi connectivity index (χ3v) is 3.66. The molecule has 0 radical (unpaired) electrons. The molecule has 0 atom stereocenters. The molecule has 0 spiro atoms. The largest absolute Gasteiger partial charge is 0.478 e. The minimum atomic E-state index is -2.47. The maximum atomic E-state index is 12.2. The van der Waals surface area contributed by atoms with E-state index in [-0.39, 0.29) is 5.56 Å². The molecule has 0 fully saturated rings. The van der Waals surface area contributed by atoms with Gasteiger partial charge in [-0.25, -0.2) is 4.79 Å². The van der Waals surface area contributed by atoms with Gasteiger partial charge in [-0.05, 0) is 35.9 Å². The van der Waals surface area contributed by atoms with Crippen LogP contribution in [0.4, 0.5) is 8.78 Å². The molecule has 0 amide bonds. The number of rotatable bonds is 4. The number of carboxylic acids is 1. The van der Waals surface area contributed by atoms with Gasteiger partial charge in [-0.2, -0.15) is 8.78 Å². The number of hydrogen-bond acceptors (Lipinski definition) is 2. The maximum absolute atomic E-state index is 12.2. The molecular formula is C14H9ClF2O2S. The molecule has 2 aromatic rings. The first kappa shape index (κ1) is 14.8. The highest BCUT2D eigenvalue weighted by Gasteiger charge is 2.10. The molecule has 0 aliphatic carbocycles. The lowest BCUT2D eigenvalue weighted by atomic mass is 10.0. The van der Waals surface area contributed by atoms with Crippen LogP contribution in [-0.2, 0) is 0 Å². The number of thioether (sulfide) groups is 1. The smallest absolute Gasteiger partial charge is 0.335 e. The molecule has 20 heavy (non-hydrogen) atoms. The number of alkyl halides is 2. The van der Waals surface area contributed by atoms with Crippen LogP contribution in [0.5, 0.6) is 0 Å². The zero-order chi connectivity index (χ0) is 14.7. The number of carboxylic acid groups (broad SMARTS) is 1. The first-order valence-corrected chi connectivity index (χ1v) is 6.81. The lowest BCUT2D eigenvalue weighted by molar-refractivity contribution is 0.0697. The normalized spacial score (nSPS) is 10.8. The molecule has 0 bridgehead atoms. The Hall–Kier alpha value is -1.59. The summed E-state index contributed by atoms with van der Waals surface area (Å²) in [7, 11) is 0. The molecule has 0 heterocycles. The van der Waals surface area contributed by atoms with Crippen molar-refractivity contribution in [3.05, 3.63) is 53.1 Å². The summed E-state index contributed by atoms with van der Waals surface area (Å²) in [4.78, 5) is 11.4. The fraction of sp³-hybridized carbons (Fsp3) is 0.0714. The average Bonchev–Trinajstić information content (AvgIpc) is 2.39. The highest BCUT2D eigenvalue weighted by Crippen LogP contribution is 2.32. The van der Waals surface area contributed by atoms with E-state index in [0.29, 0.717) is 32.8 Å². The van der Waals surface area contributed by atoms with Crippen LogP contribution in [0.25, 0.3) is 11.1 Å². The van der Waals surface area contributed by atoms with Crippen LogP contribution in [-0.4, -0.2) is 16.8 Å². The van der Waals surface area contributed by atoms with E-state index < -0.39 is 11.7 Å². The van der Waals surface area contributed by atoms with Crippen molar-refractivity contribution in [3.63, 3.8) is 0 Å². The number of hydrogen-bond donors (Lipinski definition) is 1. The second kappa shape index (κ2) is 6.24. The molecule has 0 unspecified atom stereocenters. The standard InChI is InChI=1S/C14H9ClF2O2S/c15-12-6-3-9(13(18)19)7-11(12)8-1-4-10(5-2-8)20-14(16)17/h1-7,14H,(H,18,19). The predicted octanol–water partition coefficient (Wildman–Crippen LogP) is 5.02. The topological polar surface area (TPSA) is 37.3 Å². The van der Waals surface area contributed by atoms with Gasteiger partial charge < -0.3 is 5.11 Å². The van der Waals surface area contributed by atoms with Gasteiger partial charge in [0.1, 0.15) is 0 Å². The number of halogens is 3. The van der Waals surface area contributed by atoms with Gasteiger partial charge in [0.2, 0.25) is 0 Å². The number of carbonyl (C=O) groups is 1. The summed E-state index contributed by atoms with van der Waals surface area (Å²) in [6.07, 6.45) is 0. The van der Waals surface area contributed by atoms with E-state index in [0.717, 1.165) is 0 Å². The second-order valence-electron chi connectivity index (χ2n) is 3.90. The molecule has 1 N–H and O–H groups in total. The fourth-order valence-electron chi connectivity index (χ4n) is 1.70. The van der Waals surface area contributed by atoms with Crippen LogP contribution in [0.1, 0.15) is 10.4 Å². The Balaban J connectivity index is 2.36. The van der Waals surface area contributed by atoms with Crippen LogP contribution < -0.4 is 0 Å². The van der Waals surface area contributed by atoms with E-state index in [1.54, 1.807) is 24.3 Å². The lowest BCUT2D eigenvalue weighted by Crippen LogP contribution is -1.96. The van der Waals surface area contributed by atoms with E-state index in [2.05, 4.69) is 0 Å². The van der Waals surface area contributed by atoms with Crippen molar-refractivity contribution in [2.45, 2.75) is 10.7 Å². The minimum absolute atomic E-state index is 0.121. The van der Waals surface area contributed by atoms with Crippen molar-refractivity contribution in [1.29, 1.82) is 0 Å². The van der Waals surface area contributed by atoms with E-state index >= 15 is 0 Å². The first-order valence-electron chi connectivity index (χ1n) is 5.55. The van der Waals surface area contributed by atoms with E-state index in [4.69, 9.17) is 16.7 Å². The van der Waals surface area contributed by atoms with E-state index in [1.165, 1.54) is 18.2 Å². The van der Waals surface area contributed by atoms with Crippen LogP contribution in [0.15, 0.2) is 47.4 Å². The van der Waals surface area contributed by atoms with Crippen LogP contribution in [0.2, 0.25) is 5.02 Å². The van der Waals surface area contributed by atoms with Crippen molar-refractivity contribution < 1.29 is 18.7 Å². The molecule has 0 saturated heterocycles. The second-order valence-corrected chi connectivity index (χ2v) is 5.37. The van der Waals surface area contributed by atoms with E-state index in [9.17, 15) is 13.6 Å². The van der Waals surface area contributed by atoms with Crippen molar-refractivity contribution >= 4 is 29.3 Å². The fourth-order valence-corrected chi connectivity index (χ4v) is 2.42. The van der Waals surface area contributed by atoms with Gasteiger partial charge >= 0.3 is 5.97 Å². The van der Waals surface area contributed by atoms with Gasteiger partial charge in [-0.3, -0.25) is 0 Å². The van der Waals surface area contributed by atoms with Gasteiger partial charge in [-0.15, -0.1) is 0 Å². The zero-order valence-corrected chi connectivity index (χ0v) is 11.6. The van der Waals surface area contributed by atoms with Gasteiger partial charge in [0.15, 0.2) is 0 Å². The third-order valence-electron chi connectivity index (χ3n) is 2.60. The average molecular weight is 315 g/mol. The summed E-state index contributed by atoms with van der Waals surface area (Å²) in [6.45, 7) is 0. The van der Waals surface area contributed by atoms with Crippen molar-refractivity contribution in [2.24, 2.45) is 0 Å². The molecule has 104 valence electrons. The third kappa shape index (κ3) is 3.49. The highest BCUT2D eigenvalue weighted by atomic mass is 35.5. The number of benzene rings is 2. The Morgan fingerprint density at radius 3 is 2.35 bits per heavy atom. The molecular weight excluding hydrogens is 306 g/mol. The van der Waals surface area contributed by atoms with Crippen molar-refractivity contribution in [1.82, 2.24) is 0 Å². The Morgan fingerprint density at radius 1 is 1.15 bits per heavy atom. The molecule has 2 rings (SSSR count). The predicted molar refractivity (Wildman–Crippen MR) is 75.7 cm³/mol. The lowest BCUT2D eigenvalue weighted by Gasteiger charge is -2.07. The van der Waals surface area contributed by atoms with E-state index in [1.807, 2.05) is 0 Å². The molecule has 0 aromatic heterocycles. The molecule has 2 nitrogen and oxygen atoms in total. The van der Waals surface area contributed by atoms with Crippen LogP contribution in [0.3, 0.4) is 0 Å². The van der Waals surface area contributed by atoms with Crippen molar-refractivity contribution in [2.75, 3.05) is 0 Å². The maximum Gasteiger partial charge on any atom is 0.335 e. The van der Waals surface area contributed by atoms with Gasteiger partial charge in [0, 0.05) is 15.5 Å². The SMILES string of the molecule is O=C(O)c1ccc(Cl)c(-c2ccc(SC(F)F)cc2)c1. The molecule has 0 aliphatic rings. The Morgan fingerprint density at radius 2 is 1.80 bits per heavy atom. The minimum Gasteiger partial charge on any atom is -0.478 e. The quantitative estimate of drug-likeness (QED) is 0.805. The summed E-state index contributed by atoms with van der Waals surface area (Å²) in [5.41, 5.74) is 1.35. The summed E-state index contributed by atoms with van der Waals surface area (Å²) in [6, 6.07) is 10.7. The van der Waals surface area contributed by atoms with Crippen LogP contribution in [0, 0.1) is 0 Å². The monoisotopic (exact) mass is 314 g/mol. The van der Waals surface area contributed by atoms with Gasteiger partial charge in [-0.1, -0.05) is 35.5 Å². The van der Waals surface area contributed by atoms with Gasteiger partial charge in [0.25, 0.3) is 5.76 Å². The molecule has 6 heteroatoms. The highest BCUT2D eigenvalue weighted by molar-refractivity contribution is 7.99. The summed E-state index contributed by atoms with van der Waals surface area (Å²) in [5.74, 6) is -3.52. The summed E-state index contributed by atoms with van der Waals surface area (Å²) < 4.78 is 24.5. The Bertz CT molecular complexity index is 630. The van der Waals surface area contributed by atoms with Crippen molar-refractivity contribution in [3.8, 4) is 11.1 Å². The van der Waals surface area contributed by atoms with Gasteiger partial charge in [0.05, 0.1) is 5.56 Å². The molecule has 0 aliphatic heterocycles. The number of aromatic carboxylic acids is 1. The summed E-state index contributed by atoms with van der Waals surface area (Å²) >= 11 is 6.50. The molecule has 0 saturated carbocycles. The Kier molecular flexibility index (Phi) is 4.62.